The molecule has 1 saturated carbocycles. The first kappa shape index (κ1) is 17.6. The van der Waals surface area contributed by atoms with Crippen LogP contribution in [-0.2, 0) is 0 Å². The van der Waals surface area contributed by atoms with Gasteiger partial charge in [0.2, 0.25) is 0 Å². The van der Waals surface area contributed by atoms with Crippen molar-refractivity contribution in [3.63, 3.8) is 0 Å². The van der Waals surface area contributed by atoms with E-state index in [2.05, 4.69) is 15.6 Å². The van der Waals surface area contributed by atoms with Crippen molar-refractivity contribution in [1.82, 2.24) is 10.6 Å². The third-order valence-corrected chi connectivity index (χ3v) is 4.12. The molecule has 1 aromatic carbocycles. The number of nitrogens with zero attached hydrogens (tertiary/aromatic N) is 1. The van der Waals surface area contributed by atoms with Gasteiger partial charge in [-0.05, 0) is 49.9 Å². The molecule has 0 radical (unpaired) electrons. The van der Waals surface area contributed by atoms with Crippen LogP contribution in [0, 0.1) is 5.82 Å². The molecular formula is C18H28FN3O. The van der Waals surface area contributed by atoms with Gasteiger partial charge in [-0.1, -0.05) is 19.3 Å². The van der Waals surface area contributed by atoms with E-state index in [1.807, 2.05) is 7.05 Å². The zero-order chi connectivity index (χ0) is 16.3. The van der Waals surface area contributed by atoms with Gasteiger partial charge < -0.3 is 15.4 Å². The van der Waals surface area contributed by atoms with Crippen molar-refractivity contribution in [3.8, 4) is 5.75 Å². The van der Waals surface area contributed by atoms with E-state index in [1.54, 1.807) is 12.1 Å². The second kappa shape index (κ2) is 10.1. The third-order valence-electron chi connectivity index (χ3n) is 4.12. The lowest BCUT2D eigenvalue weighted by atomic mass is 9.96. The number of hydrogen-bond donors (Lipinski definition) is 2. The molecule has 0 aromatic heterocycles. The van der Waals surface area contributed by atoms with Crippen LogP contribution in [0.2, 0.25) is 0 Å². The molecule has 5 heteroatoms. The largest absolute Gasteiger partial charge is 0.494 e. The van der Waals surface area contributed by atoms with Crippen molar-refractivity contribution in [2.45, 2.75) is 51.0 Å². The number of nitrogens with one attached hydrogen (secondary N) is 2. The van der Waals surface area contributed by atoms with Crippen molar-refractivity contribution in [2.75, 3.05) is 20.2 Å². The van der Waals surface area contributed by atoms with Crippen molar-refractivity contribution < 1.29 is 9.13 Å². The van der Waals surface area contributed by atoms with E-state index in [9.17, 15) is 4.39 Å². The molecule has 1 aliphatic rings. The molecule has 0 heterocycles. The SMILES string of the molecule is CN=C(NCCCCOc1ccc(F)cc1)NC1CCCCC1. The first-order chi connectivity index (χ1) is 11.3. The summed E-state index contributed by atoms with van der Waals surface area (Å²) in [5, 5.41) is 6.86. The van der Waals surface area contributed by atoms with Crippen LogP contribution >= 0.6 is 0 Å². The van der Waals surface area contributed by atoms with Gasteiger partial charge in [0, 0.05) is 19.6 Å². The van der Waals surface area contributed by atoms with Crippen LogP contribution in [0.4, 0.5) is 4.39 Å². The van der Waals surface area contributed by atoms with Gasteiger partial charge in [-0.2, -0.15) is 0 Å². The van der Waals surface area contributed by atoms with Crippen LogP contribution in [0.5, 0.6) is 5.75 Å². The van der Waals surface area contributed by atoms with Crippen LogP contribution < -0.4 is 15.4 Å². The van der Waals surface area contributed by atoms with Gasteiger partial charge in [0.05, 0.1) is 6.61 Å². The predicted octanol–water partition coefficient (Wildman–Crippen LogP) is 3.48. The summed E-state index contributed by atoms with van der Waals surface area (Å²) in [6.45, 7) is 1.52. The molecule has 0 amide bonds. The number of aliphatic imine (C=N–C) groups is 1. The Balaban J connectivity index is 1.54. The molecule has 0 atom stereocenters. The van der Waals surface area contributed by atoms with Gasteiger partial charge in [0.1, 0.15) is 11.6 Å². The lowest BCUT2D eigenvalue weighted by Crippen LogP contribution is -2.44. The quantitative estimate of drug-likeness (QED) is 0.459. The summed E-state index contributed by atoms with van der Waals surface area (Å²) in [7, 11) is 1.82. The number of ether oxygens (including phenoxy) is 1. The normalized spacial score (nSPS) is 16.2. The predicted molar refractivity (Wildman–Crippen MR) is 92.5 cm³/mol. The molecule has 0 unspecified atom stereocenters. The lowest BCUT2D eigenvalue weighted by molar-refractivity contribution is 0.306. The van der Waals surface area contributed by atoms with E-state index >= 15 is 0 Å². The van der Waals surface area contributed by atoms with Crippen LogP contribution in [-0.4, -0.2) is 32.2 Å². The average molecular weight is 321 g/mol. The van der Waals surface area contributed by atoms with Gasteiger partial charge in [-0.15, -0.1) is 0 Å². The number of benzene rings is 1. The van der Waals surface area contributed by atoms with Gasteiger partial charge in [0.15, 0.2) is 5.96 Å². The van der Waals surface area contributed by atoms with E-state index in [0.29, 0.717) is 18.4 Å². The summed E-state index contributed by atoms with van der Waals surface area (Å²) in [5.74, 6) is 1.38. The fraction of sp³-hybridized carbons (Fsp3) is 0.611. The molecule has 1 aliphatic carbocycles. The molecule has 2 N–H and O–H groups in total. The fourth-order valence-corrected chi connectivity index (χ4v) is 2.79. The van der Waals surface area contributed by atoms with Gasteiger partial charge in [0.25, 0.3) is 0 Å². The Morgan fingerprint density at radius 3 is 2.61 bits per heavy atom. The highest BCUT2D eigenvalue weighted by Gasteiger charge is 2.13. The maximum Gasteiger partial charge on any atom is 0.191 e. The van der Waals surface area contributed by atoms with E-state index in [1.165, 1.54) is 44.2 Å². The summed E-state index contributed by atoms with van der Waals surface area (Å²) >= 11 is 0. The maximum absolute atomic E-state index is 12.8. The van der Waals surface area contributed by atoms with E-state index < -0.39 is 0 Å². The highest BCUT2D eigenvalue weighted by atomic mass is 19.1. The molecule has 0 saturated heterocycles. The molecule has 0 spiro atoms. The molecule has 128 valence electrons. The van der Waals surface area contributed by atoms with Crippen LogP contribution in [0.3, 0.4) is 0 Å². The smallest absolute Gasteiger partial charge is 0.191 e. The highest BCUT2D eigenvalue weighted by molar-refractivity contribution is 5.79. The highest BCUT2D eigenvalue weighted by Crippen LogP contribution is 2.17. The summed E-state index contributed by atoms with van der Waals surface area (Å²) in [5.41, 5.74) is 0. The Kier molecular flexibility index (Phi) is 7.70. The number of hydrogen-bond acceptors (Lipinski definition) is 2. The van der Waals surface area contributed by atoms with Crippen LogP contribution in [0.25, 0.3) is 0 Å². The van der Waals surface area contributed by atoms with Crippen molar-refractivity contribution in [2.24, 2.45) is 4.99 Å². The zero-order valence-corrected chi connectivity index (χ0v) is 14.0. The zero-order valence-electron chi connectivity index (χ0n) is 14.0. The number of unbranched alkanes of at least 4 members (excludes halogenated alkanes) is 1. The summed E-state index contributed by atoms with van der Waals surface area (Å²) < 4.78 is 18.3. The standard InChI is InChI=1S/C18H28FN3O/c1-20-18(22-16-7-3-2-4-8-16)21-13-5-6-14-23-17-11-9-15(19)10-12-17/h9-12,16H,2-8,13-14H2,1H3,(H2,20,21,22). The Bertz CT molecular complexity index is 470. The summed E-state index contributed by atoms with van der Waals surface area (Å²) in [4.78, 5) is 4.28. The number of halogens is 1. The molecule has 4 nitrogen and oxygen atoms in total. The van der Waals surface area contributed by atoms with E-state index in [4.69, 9.17) is 4.74 Å². The Morgan fingerprint density at radius 1 is 1.17 bits per heavy atom. The van der Waals surface area contributed by atoms with Gasteiger partial charge >= 0.3 is 0 Å². The minimum atomic E-state index is -0.238. The topological polar surface area (TPSA) is 45.7 Å². The molecule has 1 aromatic rings. The Labute approximate surface area is 138 Å². The monoisotopic (exact) mass is 321 g/mol. The molecule has 0 bridgehead atoms. The Morgan fingerprint density at radius 2 is 1.91 bits per heavy atom. The van der Waals surface area contributed by atoms with Crippen molar-refractivity contribution >= 4 is 5.96 Å². The van der Waals surface area contributed by atoms with Crippen molar-refractivity contribution in [1.29, 1.82) is 0 Å². The second-order valence-electron chi connectivity index (χ2n) is 5.99. The summed E-state index contributed by atoms with van der Waals surface area (Å²) in [6, 6.07) is 6.71. The molecular weight excluding hydrogens is 293 g/mol. The average Bonchev–Trinajstić information content (AvgIpc) is 2.59. The number of rotatable bonds is 7. The minimum Gasteiger partial charge on any atom is -0.494 e. The van der Waals surface area contributed by atoms with Gasteiger partial charge in [-0.25, -0.2) is 4.39 Å². The van der Waals surface area contributed by atoms with Crippen molar-refractivity contribution in [3.05, 3.63) is 30.1 Å². The van der Waals surface area contributed by atoms with E-state index in [0.717, 1.165) is 25.3 Å². The first-order valence-corrected chi connectivity index (χ1v) is 8.63. The minimum absolute atomic E-state index is 0.238. The second-order valence-corrected chi connectivity index (χ2v) is 5.99. The van der Waals surface area contributed by atoms with E-state index in [-0.39, 0.29) is 5.82 Å². The first-order valence-electron chi connectivity index (χ1n) is 8.63. The van der Waals surface area contributed by atoms with Crippen LogP contribution in [0.1, 0.15) is 44.9 Å². The number of guanidine groups is 1. The molecule has 23 heavy (non-hydrogen) atoms. The molecule has 2 rings (SSSR count). The Hall–Kier alpha value is -1.78. The fourth-order valence-electron chi connectivity index (χ4n) is 2.79. The molecule has 1 fully saturated rings. The lowest BCUT2D eigenvalue weighted by Gasteiger charge is -2.24. The van der Waals surface area contributed by atoms with Gasteiger partial charge in [-0.3, -0.25) is 4.99 Å². The molecule has 0 aliphatic heterocycles. The third kappa shape index (κ3) is 6.89. The maximum atomic E-state index is 12.8. The summed E-state index contributed by atoms with van der Waals surface area (Å²) in [6.07, 6.45) is 8.43. The van der Waals surface area contributed by atoms with Crippen LogP contribution in [0.15, 0.2) is 29.3 Å².